The summed E-state index contributed by atoms with van der Waals surface area (Å²) in [6.07, 6.45) is 3.87. The lowest BCUT2D eigenvalue weighted by Gasteiger charge is -2.01. The Morgan fingerprint density at radius 3 is 3.12 bits per heavy atom. The minimum Gasteiger partial charge on any atom is -0.469 e. The van der Waals surface area contributed by atoms with Gasteiger partial charge in [0.1, 0.15) is 5.76 Å². The van der Waals surface area contributed by atoms with Gasteiger partial charge in [0.2, 0.25) is 0 Å². The van der Waals surface area contributed by atoms with E-state index in [4.69, 9.17) is 8.94 Å². The van der Waals surface area contributed by atoms with Crippen LogP contribution in [-0.4, -0.2) is 16.7 Å². The van der Waals surface area contributed by atoms with E-state index >= 15 is 0 Å². The molecule has 0 amide bonds. The van der Waals surface area contributed by atoms with Crippen LogP contribution >= 0.6 is 0 Å². The lowest BCUT2D eigenvalue weighted by molar-refractivity contribution is 0.411. The van der Waals surface area contributed by atoms with Crippen LogP contribution in [0.15, 0.2) is 21.3 Å². The van der Waals surface area contributed by atoms with Crippen molar-refractivity contribution in [2.45, 2.75) is 25.8 Å². The van der Waals surface area contributed by atoms with Gasteiger partial charge in [0.25, 0.3) is 5.89 Å². The number of nitrogens with zero attached hydrogens (tertiary/aromatic N) is 2. The van der Waals surface area contributed by atoms with Gasteiger partial charge in [-0.05, 0) is 32.4 Å². The van der Waals surface area contributed by atoms with Gasteiger partial charge < -0.3 is 14.3 Å². The van der Waals surface area contributed by atoms with Gasteiger partial charge in [-0.25, -0.2) is 0 Å². The standard InChI is InChI=1S/C11H13N3O2/c1-7-8(4-6-15-7)11-13-10(14-16-11)9-3-2-5-12-9/h4,6,9,12H,2-3,5H2,1H3. The molecule has 1 aliphatic rings. The first-order valence-corrected chi connectivity index (χ1v) is 5.46. The Hall–Kier alpha value is -1.62. The molecule has 0 bridgehead atoms. The van der Waals surface area contributed by atoms with Crippen LogP contribution in [0, 0.1) is 6.92 Å². The molecule has 1 atom stereocenters. The molecule has 1 fully saturated rings. The third-order valence-corrected chi connectivity index (χ3v) is 2.90. The molecule has 0 aromatic carbocycles. The van der Waals surface area contributed by atoms with Crippen molar-refractivity contribution in [3.05, 3.63) is 23.9 Å². The summed E-state index contributed by atoms with van der Waals surface area (Å²) in [5, 5.41) is 7.34. The zero-order chi connectivity index (χ0) is 11.0. The first kappa shape index (κ1) is 9.59. The highest BCUT2D eigenvalue weighted by atomic mass is 16.5. The van der Waals surface area contributed by atoms with E-state index in [9.17, 15) is 0 Å². The molecular weight excluding hydrogens is 206 g/mol. The fourth-order valence-corrected chi connectivity index (χ4v) is 2.00. The summed E-state index contributed by atoms with van der Waals surface area (Å²) in [5.41, 5.74) is 0.872. The van der Waals surface area contributed by atoms with Gasteiger partial charge in [0.05, 0.1) is 17.9 Å². The van der Waals surface area contributed by atoms with Crippen LogP contribution in [0.2, 0.25) is 0 Å². The minimum absolute atomic E-state index is 0.240. The zero-order valence-corrected chi connectivity index (χ0v) is 9.06. The number of hydrogen-bond acceptors (Lipinski definition) is 5. The molecule has 0 aliphatic carbocycles. The number of aromatic nitrogens is 2. The summed E-state index contributed by atoms with van der Waals surface area (Å²) in [6.45, 7) is 2.91. The van der Waals surface area contributed by atoms with Crippen LogP contribution < -0.4 is 5.32 Å². The Kier molecular flexibility index (Phi) is 2.25. The molecule has 1 saturated heterocycles. The molecule has 84 valence electrons. The normalized spacial score (nSPS) is 20.4. The molecule has 1 N–H and O–H groups in total. The van der Waals surface area contributed by atoms with Gasteiger partial charge in [0.15, 0.2) is 5.82 Å². The second-order valence-corrected chi connectivity index (χ2v) is 4.00. The van der Waals surface area contributed by atoms with Crippen molar-refractivity contribution in [2.24, 2.45) is 0 Å². The maximum absolute atomic E-state index is 5.24. The monoisotopic (exact) mass is 219 g/mol. The Labute approximate surface area is 92.8 Å². The average Bonchev–Trinajstić information content (AvgIpc) is 2.96. The molecule has 0 radical (unpaired) electrons. The van der Waals surface area contributed by atoms with Crippen molar-refractivity contribution in [2.75, 3.05) is 6.54 Å². The third kappa shape index (κ3) is 1.53. The highest BCUT2D eigenvalue weighted by Crippen LogP contribution is 2.26. The molecule has 1 unspecified atom stereocenters. The zero-order valence-electron chi connectivity index (χ0n) is 9.06. The summed E-state index contributed by atoms with van der Waals surface area (Å²) >= 11 is 0. The third-order valence-electron chi connectivity index (χ3n) is 2.90. The molecule has 16 heavy (non-hydrogen) atoms. The van der Waals surface area contributed by atoms with Crippen molar-refractivity contribution in [3.8, 4) is 11.5 Å². The van der Waals surface area contributed by atoms with Crippen molar-refractivity contribution in [3.63, 3.8) is 0 Å². The SMILES string of the molecule is Cc1occc1-c1nc(C2CCCN2)no1. The van der Waals surface area contributed by atoms with E-state index in [0.717, 1.165) is 30.1 Å². The van der Waals surface area contributed by atoms with Crippen molar-refractivity contribution in [1.82, 2.24) is 15.5 Å². The Balaban J connectivity index is 1.90. The largest absolute Gasteiger partial charge is 0.469 e. The molecular formula is C11H13N3O2. The second-order valence-electron chi connectivity index (χ2n) is 4.00. The van der Waals surface area contributed by atoms with E-state index in [-0.39, 0.29) is 6.04 Å². The number of aryl methyl sites for hydroxylation is 1. The van der Waals surface area contributed by atoms with Gasteiger partial charge >= 0.3 is 0 Å². The molecule has 5 heteroatoms. The van der Waals surface area contributed by atoms with Crippen LogP contribution in [0.3, 0.4) is 0 Å². The Morgan fingerprint density at radius 2 is 2.44 bits per heavy atom. The van der Waals surface area contributed by atoms with Gasteiger partial charge in [-0.15, -0.1) is 0 Å². The van der Waals surface area contributed by atoms with E-state index in [1.165, 1.54) is 6.42 Å². The fraction of sp³-hybridized carbons (Fsp3) is 0.455. The van der Waals surface area contributed by atoms with E-state index in [1.807, 2.05) is 13.0 Å². The summed E-state index contributed by atoms with van der Waals surface area (Å²) in [5.74, 6) is 2.08. The Bertz CT molecular complexity index is 483. The summed E-state index contributed by atoms with van der Waals surface area (Å²) in [7, 11) is 0. The van der Waals surface area contributed by atoms with Gasteiger partial charge in [-0.3, -0.25) is 0 Å². The number of nitrogens with one attached hydrogen (secondary N) is 1. The minimum atomic E-state index is 0.240. The molecule has 0 saturated carbocycles. The fourth-order valence-electron chi connectivity index (χ4n) is 2.00. The lowest BCUT2D eigenvalue weighted by Crippen LogP contribution is -2.14. The van der Waals surface area contributed by atoms with Gasteiger partial charge in [0, 0.05) is 0 Å². The maximum atomic E-state index is 5.24. The van der Waals surface area contributed by atoms with Crippen LogP contribution in [0.5, 0.6) is 0 Å². The van der Waals surface area contributed by atoms with Crippen LogP contribution in [0.1, 0.15) is 30.5 Å². The summed E-state index contributed by atoms with van der Waals surface area (Å²) < 4.78 is 10.5. The molecule has 0 spiro atoms. The van der Waals surface area contributed by atoms with Crippen molar-refractivity contribution >= 4 is 0 Å². The summed E-state index contributed by atoms with van der Waals surface area (Å²) in [4.78, 5) is 4.40. The molecule has 2 aromatic heterocycles. The average molecular weight is 219 g/mol. The van der Waals surface area contributed by atoms with E-state index in [2.05, 4.69) is 15.5 Å². The highest BCUT2D eigenvalue weighted by molar-refractivity contribution is 5.54. The van der Waals surface area contributed by atoms with Crippen LogP contribution in [-0.2, 0) is 0 Å². The van der Waals surface area contributed by atoms with E-state index < -0.39 is 0 Å². The predicted octanol–water partition coefficient (Wildman–Crippen LogP) is 2.06. The van der Waals surface area contributed by atoms with Gasteiger partial charge in [-0.2, -0.15) is 4.98 Å². The smallest absolute Gasteiger partial charge is 0.261 e. The quantitative estimate of drug-likeness (QED) is 0.837. The molecule has 3 rings (SSSR count). The Morgan fingerprint density at radius 1 is 1.50 bits per heavy atom. The molecule has 1 aliphatic heterocycles. The first-order valence-electron chi connectivity index (χ1n) is 5.46. The number of furan rings is 1. The highest BCUT2D eigenvalue weighted by Gasteiger charge is 2.22. The number of hydrogen-bond donors (Lipinski definition) is 1. The van der Waals surface area contributed by atoms with E-state index in [1.54, 1.807) is 6.26 Å². The van der Waals surface area contributed by atoms with Crippen LogP contribution in [0.25, 0.3) is 11.5 Å². The van der Waals surface area contributed by atoms with E-state index in [0.29, 0.717) is 5.89 Å². The summed E-state index contributed by atoms with van der Waals surface area (Å²) in [6, 6.07) is 2.08. The van der Waals surface area contributed by atoms with Crippen molar-refractivity contribution < 1.29 is 8.94 Å². The van der Waals surface area contributed by atoms with Crippen molar-refractivity contribution in [1.29, 1.82) is 0 Å². The first-order chi connectivity index (χ1) is 7.84. The number of rotatable bonds is 2. The topological polar surface area (TPSA) is 64.1 Å². The predicted molar refractivity (Wildman–Crippen MR) is 56.7 cm³/mol. The molecule has 5 nitrogen and oxygen atoms in total. The van der Waals surface area contributed by atoms with Gasteiger partial charge in [-0.1, -0.05) is 5.16 Å². The second kappa shape index (κ2) is 3.75. The maximum Gasteiger partial charge on any atom is 0.261 e. The molecule has 3 heterocycles. The van der Waals surface area contributed by atoms with Crippen LogP contribution in [0.4, 0.5) is 0 Å². The molecule has 2 aromatic rings. The lowest BCUT2D eigenvalue weighted by atomic mass is 10.2.